The number of Topliss-reactive ketones (excluding diaryl/α,β-unsaturated/α-hetero) is 1. The molecule has 0 spiro atoms. The molecule has 0 saturated carbocycles. The predicted octanol–water partition coefficient (Wildman–Crippen LogP) is 0.587. The maximum absolute atomic E-state index is 11.1. The predicted molar refractivity (Wildman–Crippen MR) is 47.5 cm³/mol. The highest BCUT2D eigenvalue weighted by atomic mass is 16.7. The highest BCUT2D eigenvalue weighted by Crippen LogP contribution is 2.13. The molecule has 0 aliphatic rings. The van der Waals surface area contributed by atoms with Gasteiger partial charge in [-0.1, -0.05) is 5.16 Å². The standard InChI is InChI=1S/C8H15NO4/c1-6(10)7(9-13-5)8(2,11-3)12-4/h1-5H3/b9-7-. The van der Waals surface area contributed by atoms with Gasteiger partial charge in [-0.3, -0.25) is 4.79 Å². The minimum atomic E-state index is -1.15. The lowest BCUT2D eigenvalue weighted by atomic mass is 10.1. The summed E-state index contributed by atoms with van der Waals surface area (Å²) < 4.78 is 10.0. The second-order valence-corrected chi connectivity index (χ2v) is 2.53. The number of nitrogens with zero attached hydrogens (tertiary/aromatic N) is 1. The summed E-state index contributed by atoms with van der Waals surface area (Å²) in [4.78, 5) is 15.6. The van der Waals surface area contributed by atoms with Crippen LogP contribution in [-0.2, 0) is 19.1 Å². The Morgan fingerprint density at radius 3 is 1.92 bits per heavy atom. The number of carbonyl (C=O) groups excluding carboxylic acids is 1. The third-order valence-electron chi connectivity index (χ3n) is 1.73. The number of methoxy groups -OCH3 is 2. The third kappa shape index (κ3) is 2.78. The average Bonchev–Trinajstić information content (AvgIpc) is 2.12. The number of rotatable bonds is 5. The maximum Gasteiger partial charge on any atom is 0.215 e. The van der Waals surface area contributed by atoms with E-state index >= 15 is 0 Å². The Morgan fingerprint density at radius 2 is 1.69 bits per heavy atom. The number of ketones is 1. The molecule has 0 atom stereocenters. The van der Waals surface area contributed by atoms with Crippen molar-refractivity contribution in [3.8, 4) is 0 Å². The highest BCUT2D eigenvalue weighted by Gasteiger charge is 2.34. The average molecular weight is 189 g/mol. The van der Waals surface area contributed by atoms with Gasteiger partial charge in [-0.05, 0) is 6.92 Å². The summed E-state index contributed by atoms with van der Waals surface area (Å²) in [5.74, 6) is -1.41. The monoisotopic (exact) mass is 189 g/mol. The maximum atomic E-state index is 11.1. The van der Waals surface area contributed by atoms with Gasteiger partial charge in [-0.15, -0.1) is 0 Å². The van der Waals surface area contributed by atoms with E-state index in [4.69, 9.17) is 9.47 Å². The van der Waals surface area contributed by atoms with Crippen LogP contribution in [0.4, 0.5) is 0 Å². The van der Waals surface area contributed by atoms with Crippen LogP contribution in [0.1, 0.15) is 13.8 Å². The van der Waals surface area contributed by atoms with Crippen LogP contribution < -0.4 is 0 Å². The molecule has 0 radical (unpaired) electrons. The van der Waals surface area contributed by atoms with Gasteiger partial charge in [-0.25, -0.2) is 0 Å². The molecule has 0 unspecified atom stereocenters. The third-order valence-corrected chi connectivity index (χ3v) is 1.73. The van der Waals surface area contributed by atoms with E-state index < -0.39 is 5.79 Å². The van der Waals surface area contributed by atoms with E-state index in [9.17, 15) is 4.79 Å². The topological polar surface area (TPSA) is 57.1 Å². The lowest BCUT2D eigenvalue weighted by Crippen LogP contribution is -2.43. The number of carbonyl (C=O) groups is 1. The Kier molecular flexibility index (Phi) is 4.58. The first-order valence-electron chi connectivity index (χ1n) is 3.74. The van der Waals surface area contributed by atoms with Crippen molar-refractivity contribution in [1.82, 2.24) is 0 Å². The van der Waals surface area contributed by atoms with Crippen molar-refractivity contribution in [2.24, 2.45) is 5.16 Å². The number of hydrogen-bond acceptors (Lipinski definition) is 5. The van der Waals surface area contributed by atoms with Crippen LogP contribution in [-0.4, -0.2) is 38.6 Å². The van der Waals surface area contributed by atoms with Crippen molar-refractivity contribution in [1.29, 1.82) is 0 Å². The first-order valence-corrected chi connectivity index (χ1v) is 3.74. The zero-order valence-corrected chi connectivity index (χ0v) is 8.58. The van der Waals surface area contributed by atoms with Crippen molar-refractivity contribution < 1.29 is 19.1 Å². The smallest absolute Gasteiger partial charge is 0.215 e. The minimum Gasteiger partial charge on any atom is -0.399 e. The largest absolute Gasteiger partial charge is 0.399 e. The SMILES string of the molecule is CO/N=C(/C(C)=O)C(C)(OC)OC. The fourth-order valence-electron chi connectivity index (χ4n) is 0.835. The van der Waals surface area contributed by atoms with Gasteiger partial charge < -0.3 is 14.3 Å². The van der Waals surface area contributed by atoms with Gasteiger partial charge >= 0.3 is 0 Å². The normalized spacial score (nSPS) is 12.8. The summed E-state index contributed by atoms with van der Waals surface area (Å²) in [5, 5.41) is 3.55. The Labute approximate surface area is 77.6 Å². The Balaban J connectivity index is 4.92. The second-order valence-electron chi connectivity index (χ2n) is 2.53. The molecule has 76 valence electrons. The zero-order chi connectivity index (χ0) is 10.5. The first kappa shape index (κ1) is 12.1. The van der Waals surface area contributed by atoms with Crippen LogP contribution in [0.15, 0.2) is 5.16 Å². The molecule has 0 aromatic rings. The Morgan fingerprint density at radius 1 is 1.23 bits per heavy atom. The van der Waals surface area contributed by atoms with E-state index in [-0.39, 0.29) is 11.5 Å². The first-order chi connectivity index (χ1) is 6.01. The molecular weight excluding hydrogens is 174 g/mol. The second kappa shape index (κ2) is 4.94. The van der Waals surface area contributed by atoms with E-state index in [1.807, 2.05) is 0 Å². The van der Waals surface area contributed by atoms with Gasteiger partial charge in [0, 0.05) is 21.1 Å². The van der Waals surface area contributed by atoms with Gasteiger partial charge in [0.2, 0.25) is 5.79 Å². The van der Waals surface area contributed by atoms with Gasteiger partial charge in [0.15, 0.2) is 11.5 Å². The molecule has 0 saturated heterocycles. The van der Waals surface area contributed by atoms with Crippen molar-refractivity contribution >= 4 is 11.5 Å². The molecule has 0 aromatic heterocycles. The quantitative estimate of drug-likeness (QED) is 0.361. The van der Waals surface area contributed by atoms with Gasteiger partial charge in [0.05, 0.1) is 0 Å². The lowest BCUT2D eigenvalue weighted by Gasteiger charge is -2.25. The minimum absolute atomic E-state index is 0.0972. The van der Waals surface area contributed by atoms with Crippen LogP contribution in [0.25, 0.3) is 0 Å². The molecule has 0 heterocycles. The van der Waals surface area contributed by atoms with Crippen molar-refractivity contribution in [3.05, 3.63) is 0 Å². The van der Waals surface area contributed by atoms with E-state index in [1.165, 1.54) is 28.3 Å². The van der Waals surface area contributed by atoms with Crippen molar-refractivity contribution in [2.75, 3.05) is 21.3 Å². The van der Waals surface area contributed by atoms with Crippen LogP contribution in [0.5, 0.6) is 0 Å². The summed E-state index contributed by atoms with van der Waals surface area (Å²) in [6.07, 6.45) is 0. The molecular formula is C8H15NO4. The van der Waals surface area contributed by atoms with Gasteiger partial charge in [-0.2, -0.15) is 0 Å². The molecule has 0 N–H and O–H groups in total. The van der Waals surface area contributed by atoms with Crippen LogP contribution in [0.3, 0.4) is 0 Å². The fourth-order valence-corrected chi connectivity index (χ4v) is 0.835. The summed E-state index contributed by atoms with van der Waals surface area (Å²) in [6.45, 7) is 2.96. The number of oxime groups is 1. The molecule has 5 heteroatoms. The van der Waals surface area contributed by atoms with E-state index in [0.29, 0.717) is 0 Å². The molecule has 5 nitrogen and oxygen atoms in total. The summed E-state index contributed by atoms with van der Waals surface area (Å²) >= 11 is 0. The van der Waals surface area contributed by atoms with Crippen LogP contribution in [0.2, 0.25) is 0 Å². The highest BCUT2D eigenvalue weighted by molar-refractivity contribution is 6.41. The van der Waals surface area contributed by atoms with E-state index in [1.54, 1.807) is 6.92 Å². The fraction of sp³-hybridized carbons (Fsp3) is 0.750. The molecule has 0 rings (SSSR count). The lowest BCUT2D eigenvalue weighted by molar-refractivity contribution is -0.145. The number of ether oxygens (including phenoxy) is 2. The molecule has 13 heavy (non-hydrogen) atoms. The zero-order valence-electron chi connectivity index (χ0n) is 8.58. The molecule has 0 aliphatic heterocycles. The Hall–Kier alpha value is -0.940. The summed E-state index contributed by atoms with van der Waals surface area (Å²) in [7, 11) is 4.21. The van der Waals surface area contributed by atoms with E-state index in [0.717, 1.165) is 0 Å². The van der Waals surface area contributed by atoms with Crippen LogP contribution in [0, 0.1) is 0 Å². The molecule has 0 aliphatic carbocycles. The van der Waals surface area contributed by atoms with Crippen LogP contribution >= 0.6 is 0 Å². The van der Waals surface area contributed by atoms with Gasteiger partial charge in [0.1, 0.15) is 7.11 Å². The van der Waals surface area contributed by atoms with Gasteiger partial charge in [0.25, 0.3) is 0 Å². The molecule has 0 amide bonds. The number of hydrogen-bond donors (Lipinski definition) is 0. The summed E-state index contributed by atoms with van der Waals surface area (Å²) in [6, 6.07) is 0. The Bertz CT molecular complexity index is 208. The van der Waals surface area contributed by atoms with Crippen molar-refractivity contribution in [2.45, 2.75) is 19.6 Å². The molecule has 0 aromatic carbocycles. The molecule has 0 fully saturated rings. The van der Waals surface area contributed by atoms with E-state index in [2.05, 4.69) is 9.99 Å². The summed E-state index contributed by atoms with van der Waals surface area (Å²) in [5.41, 5.74) is 0.0972. The van der Waals surface area contributed by atoms with Crippen molar-refractivity contribution in [3.63, 3.8) is 0 Å². The molecule has 0 bridgehead atoms.